The lowest BCUT2D eigenvalue weighted by atomic mass is 9.76. The van der Waals surface area contributed by atoms with Gasteiger partial charge in [-0.3, -0.25) is 19.1 Å². The lowest BCUT2D eigenvalue weighted by molar-refractivity contribution is 0.0694. The van der Waals surface area contributed by atoms with Crippen LogP contribution in [0.1, 0.15) is 34.5 Å². The number of fused-ring (bicyclic) bond motifs is 1. The number of rotatable bonds is 4. The number of aromatic nitrogens is 2. The van der Waals surface area contributed by atoms with Crippen molar-refractivity contribution >= 4 is 11.5 Å². The van der Waals surface area contributed by atoms with Crippen molar-refractivity contribution in [3.8, 4) is 6.07 Å². The molecule has 0 unspecified atom stereocenters. The molecular formula is C22H19FN4O3. The predicted octanol–water partition coefficient (Wildman–Crippen LogP) is 2.59. The highest BCUT2D eigenvalue weighted by atomic mass is 19.1. The topological polar surface area (TPSA) is 98.7 Å². The van der Waals surface area contributed by atoms with Crippen molar-refractivity contribution in [2.24, 2.45) is 0 Å². The van der Waals surface area contributed by atoms with E-state index in [0.717, 1.165) is 5.56 Å². The van der Waals surface area contributed by atoms with Gasteiger partial charge < -0.3 is 5.11 Å². The van der Waals surface area contributed by atoms with Gasteiger partial charge in [-0.2, -0.15) is 5.26 Å². The highest BCUT2D eigenvalue weighted by Crippen LogP contribution is 2.34. The fourth-order valence-corrected chi connectivity index (χ4v) is 4.03. The van der Waals surface area contributed by atoms with Crippen LogP contribution in [0.5, 0.6) is 0 Å². The zero-order valence-corrected chi connectivity index (χ0v) is 16.1. The minimum absolute atomic E-state index is 0.277. The largest absolute Gasteiger partial charge is 0.477 e. The molecule has 4 rings (SSSR count). The van der Waals surface area contributed by atoms with Gasteiger partial charge in [-0.05, 0) is 48.7 Å². The number of hydrogen-bond acceptors (Lipinski definition) is 5. The summed E-state index contributed by atoms with van der Waals surface area (Å²) in [5.41, 5.74) is 0.120. The summed E-state index contributed by atoms with van der Waals surface area (Å²) in [6, 6.07) is 11.6. The fourth-order valence-electron chi connectivity index (χ4n) is 4.03. The first kappa shape index (κ1) is 19.7. The van der Waals surface area contributed by atoms with Gasteiger partial charge in [0.15, 0.2) is 0 Å². The maximum atomic E-state index is 13.6. The quantitative estimate of drug-likeness (QED) is 0.715. The van der Waals surface area contributed by atoms with E-state index in [1.54, 1.807) is 24.4 Å². The summed E-state index contributed by atoms with van der Waals surface area (Å²) in [6.45, 7) is 1.56. The number of carboxylic acid groups (broad SMARTS) is 1. The molecule has 0 bridgehead atoms. The highest BCUT2D eigenvalue weighted by molar-refractivity contribution is 5.88. The van der Waals surface area contributed by atoms with E-state index in [4.69, 9.17) is 0 Å². The van der Waals surface area contributed by atoms with E-state index in [9.17, 15) is 24.3 Å². The molecule has 1 aliphatic rings. The number of pyridine rings is 3. The monoisotopic (exact) mass is 406 g/mol. The van der Waals surface area contributed by atoms with Gasteiger partial charge in [0, 0.05) is 32.0 Å². The van der Waals surface area contributed by atoms with E-state index < -0.39 is 22.8 Å². The molecule has 0 aliphatic carbocycles. The number of nitriles is 1. The standard InChI is InChI=1S/C22H19FN4O3/c23-16-4-7-25-19(12-16)22(14-24)5-9-26(10-6-22)13-15-11-17(21(29)30)20(28)27-8-2-1-3-18(15)27/h1-4,7-8,11-12H,5-6,9-10,13H2,(H,29,30). The Balaban J connectivity index is 1.61. The van der Waals surface area contributed by atoms with Crippen LogP contribution in [0.4, 0.5) is 4.39 Å². The first-order valence-corrected chi connectivity index (χ1v) is 9.56. The SMILES string of the molecule is N#CC1(c2cc(F)ccn2)CCN(Cc2cc(C(=O)O)c(=O)n3ccccc23)CC1. The molecule has 0 aromatic carbocycles. The molecule has 0 radical (unpaired) electrons. The Bertz CT molecular complexity index is 1220. The summed E-state index contributed by atoms with van der Waals surface area (Å²) >= 11 is 0. The molecule has 1 N–H and O–H groups in total. The number of carboxylic acids is 1. The zero-order chi connectivity index (χ0) is 21.3. The molecule has 4 heterocycles. The Morgan fingerprint density at radius 2 is 2.03 bits per heavy atom. The zero-order valence-electron chi connectivity index (χ0n) is 16.1. The van der Waals surface area contributed by atoms with Gasteiger partial charge in [0.25, 0.3) is 5.56 Å². The van der Waals surface area contributed by atoms with Crippen LogP contribution in [-0.2, 0) is 12.0 Å². The van der Waals surface area contributed by atoms with Crippen LogP contribution >= 0.6 is 0 Å². The lowest BCUT2D eigenvalue weighted by Crippen LogP contribution is -2.42. The molecule has 0 amide bonds. The van der Waals surface area contributed by atoms with Gasteiger partial charge in [-0.15, -0.1) is 0 Å². The van der Waals surface area contributed by atoms with Gasteiger partial charge in [0.05, 0.1) is 17.3 Å². The number of piperidine rings is 1. The lowest BCUT2D eigenvalue weighted by Gasteiger charge is -2.37. The molecule has 1 aliphatic heterocycles. The smallest absolute Gasteiger partial charge is 0.341 e. The third-order valence-corrected chi connectivity index (χ3v) is 5.72. The highest BCUT2D eigenvalue weighted by Gasteiger charge is 2.38. The first-order valence-electron chi connectivity index (χ1n) is 9.56. The fraction of sp³-hybridized carbons (Fsp3) is 0.273. The van der Waals surface area contributed by atoms with Crippen molar-refractivity contribution in [1.29, 1.82) is 5.26 Å². The molecule has 3 aromatic rings. The van der Waals surface area contributed by atoms with Gasteiger partial charge in [0.2, 0.25) is 0 Å². The van der Waals surface area contributed by atoms with E-state index in [0.29, 0.717) is 43.7 Å². The van der Waals surface area contributed by atoms with E-state index in [1.807, 2.05) is 0 Å². The number of halogens is 1. The van der Waals surface area contributed by atoms with E-state index in [-0.39, 0.29) is 5.56 Å². The van der Waals surface area contributed by atoms with Crippen molar-refractivity contribution < 1.29 is 14.3 Å². The van der Waals surface area contributed by atoms with Crippen molar-refractivity contribution in [3.05, 3.63) is 81.8 Å². The normalized spacial score (nSPS) is 16.3. The molecule has 3 aromatic heterocycles. The summed E-state index contributed by atoms with van der Waals surface area (Å²) in [5.74, 6) is -1.68. The average molecular weight is 406 g/mol. The third kappa shape index (κ3) is 3.44. The molecule has 1 saturated heterocycles. The second kappa shape index (κ2) is 7.69. The van der Waals surface area contributed by atoms with Gasteiger partial charge >= 0.3 is 5.97 Å². The van der Waals surface area contributed by atoms with Crippen molar-refractivity contribution in [2.75, 3.05) is 13.1 Å². The van der Waals surface area contributed by atoms with E-state index in [1.165, 1.54) is 28.8 Å². The molecule has 152 valence electrons. The Hall–Kier alpha value is -3.57. The Morgan fingerprint density at radius 1 is 1.27 bits per heavy atom. The molecular weight excluding hydrogens is 387 g/mol. The summed E-state index contributed by atoms with van der Waals surface area (Å²) in [6.07, 6.45) is 3.89. The second-order valence-electron chi connectivity index (χ2n) is 7.48. The molecule has 0 atom stereocenters. The maximum Gasteiger partial charge on any atom is 0.341 e. The maximum absolute atomic E-state index is 13.6. The van der Waals surface area contributed by atoms with Crippen molar-refractivity contribution in [3.63, 3.8) is 0 Å². The van der Waals surface area contributed by atoms with Crippen LogP contribution in [0.25, 0.3) is 5.52 Å². The molecule has 0 spiro atoms. The minimum atomic E-state index is -1.26. The molecule has 1 fully saturated rings. The van der Waals surface area contributed by atoms with E-state index in [2.05, 4.69) is 16.0 Å². The molecule has 8 heteroatoms. The number of aromatic carboxylic acids is 1. The van der Waals surface area contributed by atoms with E-state index >= 15 is 0 Å². The van der Waals surface area contributed by atoms with Crippen LogP contribution in [0, 0.1) is 17.1 Å². The number of carbonyl (C=O) groups is 1. The van der Waals surface area contributed by atoms with Gasteiger partial charge in [0.1, 0.15) is 16.8 Å². The molecule has 7 nitrogen and oxygen atoms in total. The van der Waals surface area contributed by atoms with Crippen LogP contribution < -0.4 is 5.56 Å². The Labute approximate surface area is 171 Å². The number of likely N-dealkylation sites (tertiary alicyclic amines) is 1. The summed E-state index contributed by atoms with van der Waals surface area (Å²) < 4.78 is 15.0. The Kier molecular flexibility index (Phi) is 5.06. The van der Waals surface area contributed by atoms with Crippen LogP contribution in [0.15, 0.2) is 53.6 Å². The van der Waals surface area contributed by atoms with Crippen molar-refractivity contribution in [2.45, 2.75) is 24.8 Å². The summed E-state index contributed by atoms with van der Waals surface area (Å²) in [5, 5.41) is 19.2. The molecule has 0 saturated carbocycles. The average Bonchev–Trinajstić information content (AvgIpc) is 2.76. The van der Waals surface area contributed by atoms with Gasteiger partial charge in [-0.25, -0.2) is 9.18 Å². The Morgan fingerprint density at radius 3 is 2.70 bits per heavy atom. The predicted molar refractivity (Wildman–Crippen MR) is 107 cm³/mol. The first-order chi connectivity index (χ1) is 14.4. The number of nitrogens with zero attached hydrogens (tertiary/aromatic N) is 4. The van der Waals surface area contributed by atoms with Crippen LogP contribution in [0.3, 0.4) is 0 Å². The molecule has 30 heavy (non-hydrogen) atoms. The summed E-state index contributed by atoms with van der Waals surface area (Å²) in [4.78, 5) is 30.3. The van der Waals surface area contributed by atoms with Crippen molar-refractivity contribution in [1.82, 2.24) is 14.3 Å². The summed E-state index contributed by atoms with van der Waals surface area (Å²) in [7, 11) is 0. The minimum Gasteiger partial charge on any atom is -0.477 e. The van der Waals surface area contributed by atoms with Crippen LogP contribution in [-0.4, -0.2) is 38.4 Å². The van der Waals surface area contributed by atoms with Gasteiger partial charge in [-0.1, -0.05) is 6.07 Å². The third-order valence-electron chi connectivity index (χ3n) is 5.72. The van der Waals surface area contributed by atoms with Crippen LogP contribution in [0.2, 0.25) is 0 Å². The number of hydrogen-bond donors (Lipinski definition) is 1. The second-order valence-corrected chi connectivity index (χ2v) is 7.48.